The Labute approximate surface area is 174 Å². The van der Waals surface area contributed by atoms with Gasteiger partial charge in [-0.2, -0.15) is 0 Å². The van der Waals surface area contributed by atoms with Crippen LogP contribution in [0, 0.1) is 0 Å². The van der Waals surface area contributed by atoms with Crippen LogP contribution in [0.1, 0.15) is 23.8 Å². The summed E-state index contributed by atoms with van der Waals surface area (Å²) >= 11 is 0. The minimum absolute atomic E-state index is 0.0106. The molecule has 30 heavy (non-hydrogen) atoms. The molecule has 1 aromatic carbocycles. The number of aliphatic hydroxyl groups is 1. The topological polar surface area (TPSA) is 92.5 Å². The minimum atomic E-state index is -0.782. The smallest absolute Gasteiger partial charge is 0.295 e. The Morgan fingerprint density at radius 2 is 1.93 bits per heavy atom. The number of aliphatic hydroxyl groups excluding tert-OH is 1. The van der Waals surface area contributed by atoms with Crippen LogP contribution in [-0.2, 0) is 9.59 Å². The number of ketones is 1. The summed E-state index contributed by atoms with van der Waals surface area (Å²) in [5.41, 5.74) is 0.388. The minimum Gasteiger partial charge on any atom is -0.507 e. The number of ether oxygens (including phenoxy) is 2. The Kier molecular flexibility index (Phi) is 5.50. The van der Waals surface area contributed by atoms with Gasteiger partial charge in [0, 0.05) is 12.1 Å². The van der Waals surface area contributed by atoms with E-state index in [1.54, 1.807) is 30.3 Å². The summed E-state index contributed by atoms with van der Waals surface area (Å²) in [6, 6.07) is 7.55. The lowest BCUT2D eigenvalue weighted by Crippen LogP contribution is -2.32. The molecule has 0 saturated carbocycles. The summed E-state index contributed by atoms with van der Waals surface area (Å²) in [6.45, 7) is 1.98. The lowest BCUT2D eigenvalue weighted by atomic mass is 9.99. The number of hydrogen-bond donors (Lipinski definition) is 1. The average molecular weight is 412 g/mol. The monoisotopic (exact) mass is 412 g/mol. The number of rotatable bonds is 6. The van der Waals surface area contributed by atoms with E-state index in [4.69, 9.17) is 13.9 Å². The second kappa shape index (κ2) is 8.23. The number of hydrogen-bond acceptors (Lipinski definition) is 7. The highest BCUT2D eigenvalue weighted by Crippen LogP contribution is 2.41. The SMILES string of the molecule is CN(C)CCCN1C(=O)C(=O)C(=C(O)c2ccc3c(c2)OCCO3)[C@@H]1c1ccco1. The number of likely N-dealkylation sites (tertiary alicyclic amines) is 1. The van der Waals surface area contributed by atoms with Gasteiger partial charge in [0.15, 0.2) is 11.5 Å². The Morgan fingerprint density at radius 3 is 2.63 bits per heavy atom. The van der Waals surface area contributed by atoms with Crippen molar-refractivity contribution in [3.05, 3.63) is 53.5 Å². The van der Waals surface area contributed by atoms with Crippen LogP contribution < -0.4 is 9.47 Å². The molecule has 4 rings (SSSR count). The van der Waals surface area contributed by atoms with Crippen molar-refractivity contribution in [3.63, 3.8) is 0 Å². The van der Waals surface area contributed by atoms with E-state index in [9.17, 15) is 14.7 Å². The average Bonchev–Trinajstić information content (AvgIpc) is 3.35. The van der Waals surface area contributed by atoms with Crippen LogP contribution in [0.4, 0.5) is 0 Å². The van der Waals surface area contributed by atoms with E-state index < -0.39 is 17.7 Å². The van der Waals surface area contributed by atoms with Crippen molar-refractivity contribution >= 4 is 17.4 Å². The van der Waals surface area contributed by atoms with Gasteiger partial charge in [-0.15, -0.1) is 0 Å². The van der Waals surface area contributed by atoms with Gasteiger partial charge in [-0.05, 0) is 57.4 Å². The van der Waals surface area contributed by atoms with E-state index in [1.807, 2.05) is 19.0 Å². The third kappa shape index (κ3) is 3.66. The summed E-state index contributed by atoms with van der Waals surface area (Å²) in [6.07, 6.45) is 2.17. The van der Waals surface area contributed by atoms with Crippen LogP contribution in [0.2, 0.25) is 0 Å². The summed E-state index contributed by atoms with van der Waals surface area (Å²) in [7, 11) is 3.89. The van der Waals surface area contributed by atoms with Crippen LogP contribution in [0.3, 0.4) is 0 Å². The molecule has 1 atom stereocenters. The van der Waals surface area contributed by atoms with Gasteiger partial charge in [0.05, 0.1) is 11.8 Å². The Balaban J connectivity index is 1.74. The molecule has 2 aliphatic heterocycles. The van der Waals surface area contributed by atoms with E-state index in [1.165, 1.54) is 11.2 Å². The van der Waals surface area contributed by atoms with E-state index in [-0.39, 0.29) is 11.3 Å². The predicted octanol–water partition coefficient (Wildman–Crippen LogP) is 2.42. The van der Waals surface area contributed by atoms with Crippen molar-refractivity contribution in [2.24, 2.45) is 0 Å². The molecule has 0 radical (unpaired) electrons. The maximum absolute atomic E-state index is 12.9. The first-order valence-electron chi connectivity index (χ1n) is 9.84. The van der Waals surface area contributed by atoms with E-state index >= 15 is 0 Å². The molecule has 8 heteroatoms. The molecule has 0 aliphatic carbocycles. The van der Waals surface area contributed by atoms with Crippen molar-refractivity contribution in [1.29, 1.82) is 0 Å². The number of benzene rings is 1. The molecular formula is C22H24N2O6. The molecule has 2 aliphatic rings. The van der Waals surface area contributed by atoms with Gasteiger partial charge in [-0.25, -0.2) is 0 Å². The Morgan fingerprint density at radius 1 is 1.17 bits per heavy atom. The zero-order valence-corrected chi connectivity index (χ0v) is 17.0. The van der Waals surface area contributed by atoms with Crippen LogP contribution in [0.15, 0.2) is 46.6 Å². The second-order valence-electron chi connectivity index (χ2n) is 7.52. The number of carbonyl (C=O) groups excluding carboxylic acids is 2. The zero-order valence-electron chi connectivity index (χ0n) is 17.0. The first-order valence-corrected chi connectivity index (χ1v) is 9.84. The molecule has 1 aromatic heterocycles. The first-order chi connectivity index (χ1) is 14.5. The number of amides is 1. The number of furan rings is 1. The van der Waals surface area contributed by atoms with Gasteiger partial charge in [0.25, 0.3) is 11.7 Å². The lowest BCUT2D eigenvalue weighted by Gasteiger charge is -2.24. The molecular weight excluding hydrogens is 388 g/mol. The molecule has 2 aromatic rings. The number of nitrogens with zero attached hydrogens (tertiary/aromatic N) is 2. The fraction of sp³-hybridized carbons (Fsp3) is 0.364. The number of Topliss-reactive ketones (excluding diaryl/α,β-unsaturated/α-hetero) is 1. The van der Waals surface area contributed by atoms with Crippen molar-refractivity contribution in [2.45, 2.75) is 12.5 Å². The molecule has 0 unspecified atom stereocenters. The van der Waals surface area contributed by atoms with Gasteiger partial charge in [0.1, 0.15) is 30.8 Å². The third-order valence-corrected chi connectivity index (χ3v) is 5.17. The van der Waals surface area contributed by atoms with Gasteiger partial charge >= 0.3 is 0 Å². The summed E-state index contributed by atoms with van der Waals surface area (Å²) < 4.78 is 16.6. The fourth-order valence-corrected chi connectivity index (χ4v) is 3.76. The van der Waals surface area contributed by atoms with Gasteiger partial charge in [-0.3, -0.25) is 9.59 Å². The largest absolute Gasteiger partial charge is 0.507 e. The predicted molar refractivity (Wildman–Crippen MR) is 108 cm³/mol. The third-order valence-electron chi connectivity index (χ3n) is 5.17. The van der Waals surface area contributed by atoms with E-state index in [0.29, 0.717) is 49.0 Å². The van der Waals surface area contributed by atoms with Crippen molar-refractivity contribution < 1.29 is 28.6 Å². The lowest BCUT2D eigenvalue weighted by molar-refractivity contribution is -0.140. The summed E-state index contributed by atoms with van der Waals surface area (Å²) in [4.78, 5) is 29.2. The van der Waals surface area contributed by atoms with Crippen LogP contribution in [0.5, 0.6) is 11.5 Å². The number of fused-ring (bicyclic) bond motifs is 1. The highest BCUT2D eigenvalue weighted by atomic mass is 16.6. The molecule has 1 N–H and O–H groups in total. The maximum Gasteiger partial charge on any atom is 0.295 e. The first kappa shape index (κ1) is 20.0. The maximum atomic E-state index is 12.9. The summed E-state index contributed by atoms with van der Waals surface area (Å²) in [5.74, 6) is -0.146. The Hall–Kier alpha value is -3.26. The van der Waals surface area contributed by atoms with Crippen LogP contribution >= 0.6 is 0 Å². The molecule has 1 saturated heterocycles. The highest BCUT2D eigenvalue weighted by molar-refractivity contribution is 6.46. The molecule has 158 valence electrons. The number of carbonyl (C=O) groups is 2. The normalized spacial score (nSPS) is 20.2. The van der Waals surface area contributed by atoms with Crippen molar-refractivity contribution in [3.8, 4) is 11.5 Å². The van der Waals surface area contributed by atoms with Crippen LogP contribution in [0.25, 0.3) is 5.76 Å². The zero-order chi connectivity index (χ0) is 21.3. The Bertz CT molecular complexity index is 980. The van der Waals surface area contributed by atoms with Gasteiger partial charge in [0.2, 0.25) is 0 Å². The molecule has 1 fully saturated rings. The van der Waals surface area contributed by atoms with Crippen molar-refractivity contribution in [1.82, 2.24) is 9.80 Å². The summed E-state index contributed by atoms with van der Waals surface area (Å²) in [5, 5.41) is 11.0. The highest BCUT2D eigenvalue weighted by Gasteiger charge is 2.47. The van der Waals surface area contributed by atoms with E-state index in [2.05, 4.69) is 0 Å². The van der Waals surface area contributed by atoms with Crippen molar-refractivity contribution in [2.75, 3.05) is 40.4 Å². The van der Waals surface area contributed by atoms with Gasteiger partial charge < -0.3 is 28.8 Å². The molecule has 3 heterocycles. The molecule has 0 spiro atoms. The molecule has 0 bridgehead atoms. The van der Waals surface area contributed by atoms with Gasteiger partial charge in [-0.1, -0.05) is 0 Å². The van der Waals surface area contributed by atoms with E-state index in [0.717, 1.165) is 6.54 Å². The second-order valence-corrected chi connectivity index (χ2v) is 7.52. The van der Waals surface area contributed by atoms with Crippen LogP contribution in [-0.4, -0.2) is 67.0 Å². The fourth-order valence-electron chi connectivity index (χ4n) is 3.76. The molecule has 8 nitrogen and oxygen atoms in total. The molecule has 1 amide bonds. The standard InChI is InChI=1S/C22H24N2O6/c1-23(2)8-4-9-24-19(16-5-3-10-28-16)18(21(26)22(24)27)20(25)14-6-7-15-17(13-14)30-12-11-29-15/h3,5-7,10,13,19,25H,4,8-9,11-12H2,1-2H3/t19-/m0/s1. The quantitative estimate of drug-likeness (QED) is 0.443.